The molecule has 0 bridgehead atoms. The lowest BCUT2D eigenvalue weighted by atomic mass is 10.1. The molecule has 4 N–H and O–H groups in total. The standard InChI is InChI=1S/C24H44O7/c1-2-3-4-5-6-7-8-9-10-11-12-13-14-15-16-17-22(28)31-19-21(27)24(30)23(29)20(26)18-25/h9-10,20,23-26,29-30H,2-8,11-19H2,1H3/t20-,23+,24+/m0/s1. The zero-order valence-corrected chi connectivity index (χ0v) is 19.2. The number of allylic oxidation sites excluding steroid dienone is 2. The molecule has 0 aliphatic rings. The lowest BCUT2D eigenvalue weighted by Crippen LogP contribution is -2.45. The van der Waals surface area contributed by atoms with E-state index >= 15 is 0 Å². The van der Waals surface area contributed by atoms with Crippen LogP contribution in [-0.2, 0) is 14.3 Å². The normalized spacial score (nSPS) is 14.5. The Hall–Kier alpha value is -1.28. The summed E-state index contributed by atoms with van der Waals surface area (Å²) < 4.78 is 4.79. The van der Waals surface area contributed by atoms with Crippen molar-refractivity contribution in [1.82, 2.24) is 0 Å². The van der Waals surface area contributed by atoms with E-state index in [1.807, 2.05) is 0 Å². The number of hydrogen-bond donors (Lipinski definition) is 4. The second kappa shape index (κ2) is 20.6. The smallest absolute Gasteiger partial charge is 0.306 e. The van der Waals surface area contributed by atoms with Gasteiger partial charge < -0.3 is 25.2 Å². The Kier molecular flexibility index (Phi) is 19.8. The predicted molar refractivity (Wildman–Crippen MR) is 121 cm³/mol. The number of ketones is 1. The fourth-order valence-corrected chi connectivity index (χ4v) is 3.16. The Labute approximate surface area is 187 Å². The van der Waals surface area contributed by atoms with E-state index in [0.717, 1.165) is 32.1 Å². The van der Waals surface area contributed by atoms with Crippen molar-refractivity contribution in [2.75, 3.05) is 13.2 Å². The van der Waals surface area contributed by atoms with Crippen molar-refractivity contribution in [3.8, 4) is 0 Å². The summed E-state index contributed by atoms with van der Waals surface area (Å²) in [5, 5.41) is 36.9. The highest BCUT2D eigenvalue weighted by atomic mass is 16.5. The molecule has 31 heavy (non-hydrogen) atoms. The second-order valence-corrected chi connectivity index (χ2v) is 8.15. The van der Waals surface area contributed by atoms with Gasteiger partial charge in [-0.05, 0) is 32.1 Å². The number of carbonyl (C=O) groups is 2. The highest BCUT2D eigenvalue weighted by Crippen LogP contribution is 2.10. The Balaban J connectivity index is 3.56. The molecule has 3 atom stereocenters. The Morgan fingerprint density at radius 3 is 1.87 bits per heavy atom. The average Bonchev–Trinajstić information content (AvgIpc) is 2.78. The minimum atomic E-state index is -1.91. The van der Waals surface area contributed by atoms with Crippen molar-refractivity contribution >= 4 is 11.8 Å². The van der Waals surface area contributed by atoms with Crippen molar-refractivity contribution in [2.24, 2.45) is 0 Å². The Morgan fingerprint density at radius 2 is 1.32 bits per heavy atom. The van der Waals surface area contributed by atoms with Crippen LogP contribution >= 0.6 is 0 Å². The van der Waals surface area contributed by atoms with Gasteiger partial charge in [-0.3, -0.25) is 9.59 Å². The van der Waals surface area contributed by atoms with Gasteiger partial charge in [0.1, 0.15) is 18.3 Å². The molecule has 7 heteroatoms. The lowest BCUT2D eigenvalue weighted by Gasteiger charge is -2.20. The maximum absolute atomic E-state index is 11.6. The topological polar surface area (TPSA) is 124 Å². The van der Waals surface area contributed by atoms with Gasteiger partial charge in [-0.15, -0.1) is 0 Å². The molecule has 182 valence electrons. The molecule has 0 rings (SSSR count). The van der Waals surface area contributed by atoms with Gasteiger partial charge >= 0.3 is 5.97 Å². The number of ether oxygens (including phenoxy) is 1. The van der Waals surface area contributed by atoms with Crippen molar-refractivity contribution in [3.05, 3.63) is 12.2 Å². The van der Waals surface area contributed by atoms with Crippen LogP contribution in [0.1, 0.15) is 96.8 Å². The van der Waals surface area contributed by atoms with Gasteiger partial charge in [0.25, 0.3) is 0 Å². The minimum Gasteiger partial charge on any atom is -0.458 e. The zero-order chi connectivity index (χ0) is 23.3. The second-order valence-electron chi connectivity index (χ2n) is 8.15. The fourth-order valence-electron chi connectivity index (χ4n) is 3.16. The summed E-state index contributed by atoms with van der Waals surface area (Å²) in [7, 11) is 0. The van der Waals surface area contributed by atoms with Gasteiger partial charge in [0.05, 0.1) is 6.61 Å². The quantitative estimate of drug-likeness (QED) is 0.122. The SMILES string of the molecule is CCCCCCCCC=CCCCCCCCC(=O)OCC(=O)[C@@H](O)[C@H](O)[C@@H](O)CO. The van der Waals surface area contributed by atoms with E-state index < -0.39 is 43.3 Å². The van der Waals surface area contributed by atoms with Crippen molar-refractivity contribution < 1.29 is 34.8 Å². The highest BCUT2D eigenvalue weighted by Gasteiger charge is 2.30. The maximum atomic E-state index is 11.6. The number of aliphatic hydroxyl groups excluding tert-OH is 4. The fraction of sp³-hybridized carbons (Fsp3) is 0.833. The molecule has 0 fully saturated rings. The van der Waals surface area contributed by atoms with Crippen LogP contribution in [0.15, 0.2) is 12.2 Å². The molecule has 0 unspecified atom stereocenters. The zero-order valence-electron chi connectivity index (χ0n) is 19.2. The summed E-state index contributed by atoms with van der Waals surface area (Å²) in [6, 6.07) is 0. The van der Waals surface area contributed by atoms with Crippen LogP contribution < -0.4 is 0 Å². The molecule has 0 aliphatic carbocycles. The van der Waals surface area contributed by atoms with Crippen LogP contribution in [0.3, 0.4) is 0 Å². The first-order valence-electron chi connectivity index (χ1n) is 11.9. The van der Waals surface area contributed by atoms with Crippen LogP contribution in [0.5, 0.6) is 0 Å². The molecule has 0 aromatic heterocycles. The van der Waals surface area contributed by atoms with Gasteiger partial charge in [-0.25, -0.2) is 0 Å². The molecule has 0 aromatic rings. The summed E-state index contributed by atoms with van der Waals surface area (Å²) in [4.78, 5) is 23.3. The number of Topliss-reactive ketones (excluding diaryl/α,β-unsaturated/α-hetero) is 1. The van der Waals surface area contributed by atoms with Gasteiger partial charge in [0, 0.05) is 6.42 Å². The monoisotopic (exact) mass is 444 g/mol. The summed E-state index contributed by atoms with van der Waals surface area (Å²) in [5.74, 6) is -1.45. The molecule has 7 nitrogen and oxygen atoms in total. The van der Waals surface area contributed by atoms with E-state index in [0.29, 0.717) is 6.42 Å². The van der Waals surface area contributed by atoms with Crippen LogP contribution in [0.2, 0.25) is 0 Å². The lowest BCUT2D eigenvalue weighted by molar-refractivity contribution is -0.155. The summed E-state index contributed by atoms with van der Waals surface area (Å²) in [5.41, 5.74) is 0. The molecule has 0 heterocycles. The van der Waals surface area contributed by atoms with Gasteiger partial charge in [-0.1, -0.05) is 70.4 Å². The minimum absolute atomic E-state index is 0.198. The first kappa shape index (κ1) is 29.7. The molecule has 0 aliphatic heterocycles. The third-order valence-corrected chi connectivity index (χ3v) is 5.25. The number of aliphatic hydroxyl groups is 4. The third-order valence-electron chi connectivity index (χ3n) is 5.25. The van der Waals surface area contributed by atoms with Crippen LogP contribution in [0, 0.1) is 0 Å². The number of rotatable bonds is 21. The summed E-state index contributed by atoms with van der Waals surface area (Å²) >= 11 is 0. The number of esters is 1. The van der Waals surface area contributed by atoms with Crippen LogP contribution in [-0.4, -0.2) is 63.7 Å². The van der Waals surface area contributed by atoms with E-state index in [2.05, 4.69) is 19.1 Å². The molecule has 0 saturated carbocycles. The highest BCUT2D eigenvalue weighted by molar-refractivity contribution is 5.86. The summed E-state index contributed by atoms with van der Waals surface area (Å²) in [6.07, 6.45) is 14.5. The van der Waals surface area contributed by atoms with Crippen molar-refractivity contribution in [2.45, 2.75) is 115 Å². The van der Waals surface area contributed by atoms with Gasteiger partial charge in [0.2, 0.25) is 5.78 Å². The van der Waals surface area contributed by atoms with Crippen molar-refractivity contribution in [1.29, 1.82) is 0 Å². The van der Waals surface area contributed by atoms with E-state index in [4.69, 9.17) is 9.84 Å². The molecule has 0 aromatic carbocycles. The third kappa shape index (κ3) is 17.0. The van der Waals surface area contributed by atoms with E-state index in [1.54, 1.807) is 0 Å². The Bertz CT molecular complexity index is 479. The molecule has 0 saturated heterocycles. The predicted octanol–water partition coefficient (Wildman–Crippen LogP) is 3.21. The average molecular weight is 445 g/mol. The number of hydrogen-bond acceptors (Lipinski definition) is 7. The first-order valence-corrected chi connectivity index (χ1v) is 11.9. The van der Waals surface area contributed by atoms with Crippen molar-refractivity contribution in [3.63, 3.8) is 0 Å². The van der Waals surface area contributed by atoms with Gasteiger partial charge in [0.15, 0.2) is 6.61 Å². The molecular weight excluding hydrogens is 400 g/mol. The first-order chi connectivity index (χ1) is 14.9. The molecular formula is C24H44O7. The molecule has 0 spiro atoms. The number of unbranched alkanes of at least 4 members (excludes halogenated alkanes) is 11. The largest absolute Gasteiger partial charge is 0.458 e. The van der Waals surface area contributed by atoms with E-state index in [-0.39, 0.29) is 6.42 Å². The van der Waals surface area contributed by atoms with Crippen LogP contribution in [0.25, 0.3) is 0 Å². The van der Waals surface area contributed by atoms with Crippen LogP contribution in [0.4, 0.5) is 0 Å². The Morgan fingerprint density at radius 1 is 0.806 bits per heavy atom. The summed E-state index contributed by atoms with van der Waals surface area (Å²) in [6.45, 7) is 0.778. The molecule has 0 amide bonds. The maximum Gasteiger partial charge on any atom is 0.306 e. The molecule has 0 radical (unpaired) electrons. The van der Waals surface area contributed by atoms with E-state index in [9.17, 15) is 24.9 Å². The number of carbonyl (C=O) groups excluding carboxylic acids is 2. The van der Waals surface area contributed by atoms with E-state index in [1.165, 1.54) is 44.9 Å². The van der Waals surface area contributed by atoms with Gasteiger partial charge in [-0.2, -0.15) is 0 Å².